The Morgan fingerprint density at radius 1 is 0.958 bits per heavy atom. The van der Waals surface area contributed by atoms with Crippen LogP contribution in [-0.2, 0) is 19.5 Å². The number of ether oxygens (including phenoxy) is 3. The van der Waals surface area contributed by atoms with Crippen LogP contribution in [0.4, 0.5) is 0 Å². The van der Waals surface area contributed by atoms with Crippen LogP contribution in [0.5, 0.6) is 23.0 Å². The summed E-state index contributed by atoms with van der Waals surface area (Å²) in [6.07, 6.45) is 0.945. The van der Waals surface area contributed by atoms with Crippen molar-refractivity contribution in [2.24, 2.45) is 0 Å². The fourth-order valence-corrected chi connectivity index (χ4v) is 3.18. The van der Waals surface area contributed by atoms with E-state index in [1.54, 1.807) is 27.4 Å². The molecular weight excluding hydrogens is 306 g/mol. The molecule has 0 aromatic heterocycles. The largest absolute Gasteiger partial charge is 0.504 e. The molecule has 128 valence electrons. The lowest BCUT2D eigenvalue weighted by Crippen LogP contribution is -2.30. The Morgan fingerprint density at radius 2 is 1.62 bits per heavy atom. The second-order valence-electron chi connectivity index (χ2n) is 5.90. The molecule has 0 aliphatic carbocycles. The van der Waals surface area contributed by atoms with Crippen molar-refractivity contribution in [3.05, 3.63) is 47.0 Å². The zero-order valence-electron chi connectivity index (χ0n) is 14.3. The first-order valence-corrected chi connectivity index (χ1v) is 7.97. The lowest BCUT2D eigenvalue weighted by atomic mass is 9.98. The van der Waals surface area contributed by atoms with Crippen molar-refractivity contribution < 1.29 is 19.3 Å². The molecule has 5 nitrogen and oxygen atoms in total. The van der Waals surface area contributed by atoms with E-state index in [2.05, 4.69) is 11.0 Å². The lowest BCUT2D eigenvalue weighted by Gasteiger charge is -2.29. The van der Waals surface area contributed by atoms with Gasteiger partial charge in [0.25, 0.3) is 0 Å². The summed E-state index contributed by atoms with van der Waals surface area (Å²) >= 11 is 0. The van der Waals surface area contributed by atoms with E-state index in [0.717, 1.165) is 36.6 Å². The molecule has 0 spiro atoms. The molecule has 24 heavy (non-hydrogen) atoms. The van der Waals surface area contributed by atoms with Crippen LogP contribution in [-0.4, -0.2) is 37.9 Å². The third-order valence-corrected chi connectivity index (χ3v) is 4.49. The maximum absolute atomic E-state index is 10.3. The smallest absolute Gasteiger partial charge is 0.162 e. The van der Waals surface area contributed by atoms with Gasteiger partial charge in [0.05, 0.1) is 21.3 Å². The quantitative estimate of drug-likeness (QED) is 0.914. The number of para-hydroxylation sites is 1. The van der Waals surface area contributed by atoms with Crippen LogP contribution >= 0.6 is 0 Å². The van der Waals surface area contributed by atoms with Gasteiger partial charge in [-0.1, -0.05) is 12.1 Å². The molecule has 1 aliphatic rings. The average Bonchev–Trinajstić information content (AvgIpc) is 2.62. The molecule has 0 saturated heterocycles. The number of nitrogens with zero attached hydrogens (tertiary/aromatic N) is 1. The van der Waals surface area contributed by atoms with Crippen LogP contribution in [0.15, 0.2) is 30.3 Å². The normalized spacial score (nSPS) is 14.1. The number of methoxy groups -OCH3 is 3. The average molecular weight is 329 g/mol. The molecule has 0 atom stereocenters. The zero-order chi connectivity index (χ0) is 17.1. The predicted molar refractivity (Wildman–Crippen MR) is 92.0 cm³/mol. The SMILES string of the molecule is COc1cc2c(cc1OC)CN(Cc1cccc(OC)c1O)CC2. The van der Waals surface area contributed by atoms with Crippen LogP contribution < -0.4 is 14.2 Å². The second kappa shape index (κ2) is 7.01. The molecule has 1 aliphatic heterocycles. The summed E-state index contributed by atoms with van der Waals surface area (Å²) in [5.41, 5.74) is 3.40. The van der Waals surface area contributed by atoms with E-state index >= 15 is 0 Å². The van der Waals surface area contributed by atoms with Gasteiger partial charge in [-0.05, 0) is 35.7 Å². The Balaban J connectivity index is 1.80. The molecule has 1 N–H and O–H groups in total. The van der Waals surface area contributed by atoms with Gasteiger partial charge in [0.1, 0.15) is 0 Å². The Morgan fingerprint density at radius 3 is 2.29 bits per heavy atom. The molecule has 0 radical (unpaired) electrons. The van der Waals surface area contributed by atoms with Gasteiger partial charge in [-0.3, -0.25) is 4.90 Å². The first-order chi connectivity index (χ1) is 11.7. The highest BCUT2D eigenvalue weighted by atomic mass is 16.5. The van der Waals surface area contributed by atoms with E-state index in [0.29, 0.717) is 12.3 Å². The molecule has 0 unspecified atom stereocenters. The van der Waals surface area contributed by atoms with Gasteiger partial charge < -0.3 is 19.3 Å². The van der Waals surface area contributed by atoms with E-state index in [4.69, 9.17) is 14.2 Å². The molecule has 0 saturated carbocycles. The van der Waals surface area contributed by atoms with Crippen molar-refractivity contribution >= 4 is 0 Å². The standard InChI is InChI=1S/C19H23NO4/c1-22-16-6-4-5-14(19(16)21)11-20-8-7-13-9-17(23-2)18(24-3)10-15(13)12-20/h4-6,9-10,21H,7-8,11-12H2,1-3H3. The van der Waals surface area contributed by atoms with Gasteiger partial charge in [0, 0.05) is 25.2 Å². The molecule has 2 aromatic carbocycles. The Kier molecular flexibility index (Phi) is 4.81. The van der Waals surface area contributed by atoms with Gasteiger partial charge >= 0.3 is 0 Å². The minimum atomic E-state index is 0.220. The van der Waals surface area contributed by atoms with Crippen LogP contribution in [0.2, 0.25) is 0 Å². The fourth-order valence-electron chi connectivity index (χ4n) is 3.18. The van der Waals surface area contributed by atoms with Crippen LogP contribution in [0.3, 0.4) is 0 Å². The molecule has 2 aromatic rings. The molecule has 1 heterocycles. The summed E-state index contributed by atoms with van der Waals surface area (Å²) < 4.78 is 16.0. The van der Waals surface area contributed by atoms with Crippen molar-refractivity contribution in [1.29, 1.82) is 0 Å². The molecule has 0 bridgehead atoms. The van der Waals surface area contributed by atoms with E-state index in [1.807, 2.05) is 18.2 Å². The topological polar surface area (TPSA) is 51.2 Å². The third kappa shape index (κ3) is 3.12. The number of hydrogen-bond acceptors (Lipinski definition) is 5. The summed E-state index contributed by atoms with van der Waals surface area (Å²) in [5.74, 6) is 2.26. The van der Waals surface area contributed by atoms with Gasteiger partial charge in [-0.15, -0.1) is 0 Å². The summed E-state index contributed by atoms with van der Waals surface area (Å²) in [5, 5.41) is 10.3. The van der Waals surface area contributed by atoms with Crippen LogP contribution in [0.25, 0.3) is 0 Å². The maximum atomic E-state index is 10.3. The Hall–Kier alpha value is -2.40. The van der Waals surface area contributed by atoms with E-state index in [9.17, 15) is 5.11 Å². The van der Waals surface area contributed by atoms with Crippen LogP contribution in [0, 0.1) is 0 Å². The highest BCUT2D eigenvalue weighted by Gasteiger charge is 2.20. The summed E-state index contributed by atoms with van der Waals surface area (Å²) in [4.78, 5) is 2.31. The molecule has 5 heteroatoms. The van der Waals surface area contributed by atoms with Gasteiger partial charge in [-0.2, -0.15) is 0 Å². The van der Waals surface area contributed by atoms with Gasteiger partial charge in [-0.25, -0.2) is 0 Å². The number of rotatable bonds is 5. The van der Waals surface area contributed by atoms with Gasteiger partial charge in [0.15, 0.2) is 23.0 Å². The second-order valence-corrected chi connectivity index (χ2v) is 5.90. The monoisotopic (exact) mass is 329 g/mol. The molecule has 0 amide bonds. The van der Waals surface area contributed by atoms with E-state index in [1.165, 1.54) is 11.1 Å². The van der Waals surface area contributed by atoms with Crippen molar-refractivity contribution in [1.82, 2.24) is 4.90 Å². The number of benzene rings is 2. The minimum absolute atomic E-state index is 0.220. The zero-order valence-corrected chi connectivity index (χ0v) is 14.3. The van der Waals surface area contributed by atoms with E-state index in [-0.39, 0.29) is 5.75 Å². The number of fused-ring (bicyclic) bond motifs is 1. The Bertz CT molecular complexity index is 730. The first kappa shape index (κ1) is 16.5. The number of aromatic hydroxyl groups is 1. The highest BCUT2D eigenvalue weighted by molar-refractivity contribution is 5.49. The third-order valence-electron chi connectivity index (χ3n) is 4.49. The van der Waals surface area contributed by atoms with E-state index < -0.39 is 0 Å². The maximum Gasteiger partial charge on any atom is 0.162 e. The minimum Gasteiger partial charge on any atom is -0.504 e. The molecular formula is C19H23NO4. The highest BCUT2D eigenvalue weighted by Crippen LogP contribution is 2.35. The van der Waals surface area contributed by atoms with Crippen molar-refractivity contribution in [3.63, 3.8) is 0 Å². The summed E-state index contributed by atoms with van der Waals surface area (Å²) in [7, 11) is 4.87. The summed E-state index contributed by atoms with van der Waals surface area (Å²) in [6.45, 7) is 2.42. The Labute approximate surface area is 142 Å². The van der Waals surface area contributed by atoms with Crippen molar-refractivity contribution in [3.8, 4) is 23.0 Å². The van der Waals surface area contributed by atoms with Crippen molar-refractivity contribution in [2.45, 2.75) is 19.5 Å². The van der Waals surface area contributed by atoms with Crippen LogP contribution in [0.1, 0.15) is 16.7 Å². The molecule has 3 rings (SSSR count). The predicted octanol–water partition coefficient (Wildman–Crippen LogP) is 2.98. The number of phenolic OH excluding ortho intramolecular Hbond substituents is 1. The summed E-state index contributed by atoms with van der Waals surface area (Å²) in [6, 6.07) is 9.71. The van der Waals surface area contributed by atoms with Gasteiger partial charge in [0.2, 0.25) is 0 Å². The lowest BCUT2D eigenvalue weighted by molar-refractivity contribution is 0.240. The number of phenols is 1. The van der Waals surface area contributed by atoms with Crippen molar-refractivity contribution in [2.75, 3.05) is 27.9 Å². The molecule has 0 fully saturated rings. The number of hydrogen-bond donors (Lipinski definition) is 1. The fraction of sp³-hybridized carbons (Fsp3) is 0.368. The first-order valence-electron chi connectivity index (χ1n) is 7.97.